The fourth-order valence-corrected chi connectivity index (χ4v) is 8.35. The second kappa shape index (κ2) is 12.6. The van der Waals surface area contributed by atoms with Crippen LogP contribution in [-0.2, 0) is 19.1 Å². The van der Waals surface area contributed by atoms with Crippen LogP contribution in [0.4, 0.5) is 5.69 Å². The van der Waals surface area contributed by atoms with E-state index in [0.717, 1.165) is 44.9 Å². The van der Waals surface area contributed by atoms with Crippen molar-refractivity contribution < 1.29 is 33.8 Å². The number of nitrogens with one attached hydrogen (secondary N) is 1. The molecule has 44 heavy (non-hydrogen) atoms. The Morgan fingerprint density at radius 2 is 1.59 bits per heavy atom. The number of hydrogen-bond acceptors (Lipinski definition) is 7. The summed E-state index contributed by atoms with van der Waals surface area (Å²) in [5.74, 6) is 1.71. The molecule has 2 aromatic rings. The van der Waals surface area contributed by atoms with Crippen molar-refractivity contribution in [2.24, 2.45) is 28.6 Å². The lowest BCUT2D eigenvalue weighted by Gasteiger charge is -2.56. The third-order valence-corrected chi connectivity index (χ3v) is 10.6. The van der Waals surface area contributed by atoms with E-state index in [0.29, 0.717) is 35.0 Å². The summed E-state index contributed by atoms with van der Waals surface area (Å²) in [6.07, 6.45) is 10.8. The van der Waals surface area contributed by atoms with Gasteiger partial charge in [-0.2, -0.15) is 0 Å². The van der Waals surface area contributed by atoms with Crippen LogP contribution < -0.4 is 10.1 Å². The van der Waals surface area contributed by atoms with E-state index in [2.05, 4.69) is 25.2 Å². The van der Waals surface area contributed by atoms with Crippen LogP contribution in [0.25, 0.3) is 0 Å². The van der Waals surface area contributed by atoms with Crippen molar-refractivity contribution in [3.05, 3.63) is 65.7 Å². The van der Waals surface area contributed by atoms with Crippen molar-refractivity contribution in [1.82, 2.24) is 0 Å². The number of ether oxygens (including phenoxy) is 2. The topological polar surface area (TPSA) is 119 Å². The number of anilines is 1. The zero-order valence-electron chi connectivity index (χ0n) is 26.1. The number of phenolic OH excluding ortho intramolecular Hbond substituents is 1. The Labute approximate surface area is 259 Å². The summed E-state index contributed by atoms with van der Waals surface area (Å²) in [5, 5.41) is 12.2. The summed E-state index contributed by atoms with van der Waals surface area (Å²) in [6, 6.07) is 12.5. The summed E-state index contributed by atoms with van der Waals surface area (Å²) < 4.78 is 10.6. The fourth-order valence-electron chi connectivity index (χ4n) is 8.35. The van der Waals surface area contributed by atoms with Crippen molar-refractivity contribution in [3.8, 4) is 11.5 Å². The normalized spacial score (nSPS) is 30.3. The maximum absolute atomic E-state index is 12.4. The first-order valence-corrected chi connectivity index (χ1v) is 15.7. The van der Waals surface area contributed by atoms with Crippen molar-refractivity contribution in [2.45, 2.75) is 85.2 Å². The van der Waals surface area contributed by atoms with Crippen molar-refractivity contribution in [1.29, 1.82) is 0 Å². The monoisotopic (exact) mass is 601 g/mol. The molecule has 234 valence electrons. The fraction of sp³-hybridized carbons (Fsp3) is 0.500. The summed E-state index contributed by atoms with van der Waals surface area (Å²) in [7, 11) is 0. The Morgan fingerprint density at radius 1 is 0.909 bits per heavy atom. The number of carbonyl (C=O) groups is 4. The molecule has 0 heterocycles. The van der Waals surface area contributed by atoms with Gasteiger partial charge in [-0.1, -0.05) is 37.6 Å². The number of benzene rings is 2. The second-order valence-corrected chi connectivity index (χ2v) is 13.3. The molecule has 0 saturated heterocycles. The van der Waals surface area contributed by atoms with Gasteiger partial charge in [0, 0.05) is 37.8 Å². The van der Waals surface area contributed by atoms with E-state index < -0.39 is 5.97 Å². The van der Waals surface area contributed by atoms with Gasteiger partial charge in [0.1, 0.15) is 28.9 Å². The average molecular weight is 602 g/mol. The first kappa shape index (κ1) is 31.5. The lowest BCUT2D eigenvalue weighted by atomic mass is 9.48. The maximum Gasteiger partial charge on any atom is 0.347 e. The van der Waals surface area contributed by atoms with Gasteiger partial charge in [0.05, 0.1) is 0 Å². The molecular weight excluding hydrogens is 558 g/mol. The van der Waals surface area contributed by atoms with Gasteiger partial charge >= 0.3 is 11.9 Å². The van der Waals surface area contributed by atoms with Crippen LogP contribution in [0.15, 0.2) is 60.2 Å². The molecule has 0 aromatic heterocycles. The molecule has 8 nitrogen and oxygen atoms in total. The van der Waals surface area contributed by atoms with Crippen LogP contribution in [0.3, 0.4) is 0 Å². The molecule has 6 atom stereocenters. The van der Waals surface area contributed by atoms with E-state index in [1.807, 2.05) is 0 Å². The Kier molecular flexibility index (Phi) is 9.00. The van der Waals surface area contributed by atoms with Crippen LogP contribution in [0, 0.1) is 28.6 Å². The van der Waals surface area contributed by atoms with Crippen LogP contribution in [0.2, 0.25) is 0 Å². The van der Waals surface area contributed by atoms with Gasteiger partial charge in [-0.3, -0.25) is 14.4 Å². The molecule has 8 heteroatoms. The Bertz CT molecular complexity index is 1460. The number of amides is 1. The number of hydrogen-bond donors (Lipinski definition) is 2. The van der Waals surface area contributed by atoms with Crippen molar-refractivity contribution in [3.63, 3.8) is 0 Å². The van der Waals surface area contributed by atoms with E-state index in [1.54, 1.807) is 36.4 Å². The zero-order valence-corrected chi connectivity index (χ0v) is 26.1. The third kappa shape index (κ3) is 6.30. The first-order chi connectivity index (χ1) is 20.9. The minimum atomic E-state index is -0.643. The maximum atomic E-state index is 12.4. The predicted molar refractivity (Wildman–Crippen MR) is 166 cm³/mol. The SMILES string of the molecule is CC(=O)Nc1ccc(OC(=O)c2ccccc2O)cc1.CC(=O)OC1CCC2(C)C(=CCC3C4CCC(=O)C4(C)CCC32)C1. The largest absolute Gasteiger partial charge is 0.507 e. The average Bonchev–Trinajstić information content (AvgIpc) is 3.28. The Morgan fingerprint density at radius 3 is 2.27 bits per heavy atom. The number of phenols is 1. The lowest BCUT2D eigenvalue weighted by molar-refractivity contribution is -0.148. The molecule has 2 aromatic carbocycles. The highest BCUT2D eigenvalue weighted by atomic mass is 16.5. The van der Waals surface area contributed by atoms with E-state index in [9.17, 15) is 24.3 Å². The molecule has 0 aliphatic heterocycles. The summed E-state index contributed by atoms with van der Waals surface area (Å²) in [6.45, 7) is 7.60. The van der Waals surface area contributed by atoms with Gasteiger partial charge in [0.2, 0.25) is 5.91 Å². The van der Waals surface area contributed by atoms with E-state index in [4.69, 9.17) is 9.47 Å². The summed E-state index contributed by atoms with van der Waals surface area (Å²) >= 11 is 0. The molecule has 1 amide bonds. The van der Waals surface area contributed by atoms with Gasteiger partial charge in [-0.05, 0) is 98.1 Å². The molecule has 6 unspecified atom stereocenters. The number of allylic oxidation sites excluding steroid dienone is 1. The molecule has 3 fully saturated rings. The van der Waals surface area contributed by atoms with Crippen molar-refractivity contribution >= 4 is 29.3 Å². The molecule has 2 N–H and O–H groups in total. The number of aromatic hydroxyl groups is 1. The standard InChI is InChI=1S/C21H30O3.C15H13NO4/c1-13(22)24-15-8-10-20(2)14(12-15)4-5-16-17-6-7-19(23)21(17,3)11-9-18(16)20;1-10(17)16-11-6-8-12(9-7-11)20-15(19)13-4-2-3-5-14(13)18/h4,15-18H,5-12H2,1-3H3;2-9,18H,1H3,(H,16,17). The minimum absolute atomic E-state index is 0.0438. The molecular formula is C36H43NO7. The van der Waals surface area contributed by atoms with E-state index >= 15 is 0 Å². The van der Waals surface area contributed by atoms with Crippen LogP contribution >= 0.6 is 0 Å². The quantitative estimate of drug-likeness (QED) is 0.220. The zero-order chi connectivity index (χ0) is 31.6. The summed E-state index contributed by atoms with van der Waals surface area (Å²) in [5.41, 5.74) is 2.44. The highest BCUT2D eigenvalue weighted by Gasteiger charge is 2.58. The van der Waals surface area contributed by atoms with Gasteiger partial charge < -0.3 is 19.9 Å². The molecule has 3 saturated carbocycles. The summed E-state index contributed by atoms with van der Waals surface area (Å²) in [4.78, 5) is 46.5. The van der Waals surface area contributed by atoms with Gasteiger partial charge in [-0.15, -0.1) is 0 Å². The minimum Gasteiger partial charge on any atom is -0.507 e. The van der Waals surface area contributed by atoms with Crippen LogP contribution in [-0.4, -0.2) is 34.8 Å². The van der Waals surface area contributed by atoms with Gasteiger partial charge in [0.25, 0.3) is 0 Å². The Hall–Kier alpha value is -3.94. The number of Topliss-reactive ketones (excluding diaryl/α,β-unsaturated/α-hetero) is 1. The molecule has 0 bridgehead atoms. The molecule has 4 aliphatic carbocycles. The number of para-hydroxylation sites is 1. The first-order valence-electron chi connectivity index (χ1n) is 15.7. The molecule has 6 rings (SSSR count). The number of carbonyl (C=O) groups excluding carboxylic acids is 4. The second-order valence-electron chi connectivity index (χ2n) is 13.3. The van der Waals surface area contributed by atoms with E-state index in [1.165, 1.54) is 38.0 Å². The van der Waals surface area contributed by atoms with Crippen molar-refractivity contribution in [2.75, 3.05) is 5.32 Å². The number of fused-ring (bicyclic) bond motifs is 5. The molecule has 0 spiro atoms. The Balaban J connectivity index is 0.000000178. The van der Waals surface area contributed by atoms with Gasteiger partial charge in [-0.25, -0.2) is 4.79 Å². The number of esters is 2. The highest BCUT2D eigenvalue weighted by molar-refractivity contribution is 5.94. The lowest BCUT2D eigenvalue weighted by Crippen LogP contribution is -2.50. The number of rotatable bonds is 4. The van der Waals surface area contributed by atoms with Crippen LogP contribution in [0.1, 0.15) is 89.4 Å². The smallest absolute Gasteiger partial charge is 0.347 e. The van der Waals surface area contributed by atoms with E-state index in [-0.39, 0.29) is 40.1 Å². The molecule has 4 aliphatic rings. The molecule has 0 radical (unpaired) electrons. The van der Waals surface area contributed by atoms with Gasteiger partial charge in [0.15, 0.2) is 0 Å². The predicted octanol–water partition coefficient (Wildman–Crippen LogP) is 7.02. The highest BCUT2D eigenvalue weighted by Crippen LogP contribution is 2.64. The third-order valence-electron chi connectivity index (χ3n) is 10.6. The van der Waals surface area contributed by atoms with Crippen LogP contribution in [0.5, 0.6) is 11.5 Å². The number of ketones is 1.